The van der Waals surface area contributed by atoms with Crippen molar-refractivity contribution >= 4 is 0 Å². The summed E-state index contributed by atoms with van der Waals surface area (Å²) in [6.07, 6.45) is 2.78. The van der Waals surface area contributed by atoms with Crippen molar-refractivity contribution in [2.45, 2.75) is 38.8 Å². The molecule has 6 heteroatoms. The third kappa shape index (κ3) is 5.92. The molecule has 1 atom stereocenters. The zero-order valence-corrected chi connectivity index (χ0v) is 14.9. The molecule has 0 aliphatic carbocycles. The number of rotatable bonds is 8. The van der Waals surface area contributed by atoms with Crippen molar-refractivity contribution in [3.63, 3.8) is 0 Å². The van der Waals surface area contributed by atoms with Crippen LogP contribution in [0.5, 0.6) is 0 Å². The predicted molar refractivity (Wildman–Crippen MR) is 96.1 cm³/mol. The number of aliphatic hydroxyl groups excluding tert-OH is 1. The molecule has 136 valence electrons. The summed E-state index contributed by atoms with van der Waals surface area (Å²) in [7, 11) is 0. The molecule has 0 spiro atoms. The van der Waals surface area contributed by atoms with Gasteiger partial charge in [0.2, 0.25) is 11.8 Å². The number of hydrogen-bond donors (Lipinski definition) is 2. The normalized spacial score (nSPS) is 17.7. The molecule has 2 N–H and O–H groups in total. The maximum Gasteiger partial charge on any atom is 0.230 e. The van der Waals surface area contributed by atoms with Gasteiger partial charge < -0.3 is 19.7 Å². The summed E-state index contributed by atoms with van der Waals surface area (Å²) in [4.78, 5) is 2.34. The zero-order valence-electron chi connectivity index (χ0n) is 14.9. The highest BCUT2D eigenvalue weighted by atomic mass is 16.4. The van der Waals surface area contributed by atoms with E-state index in [0.29, 0.717) is 30.7 Å². The van der Waals surface area contributed by atoms with Crippen LogP contribution in [0.4, 0.5) is 0 Å². The van der Waals surface area contributed by atoms with Gasteiger partial charge in [-0.05, 0) is 50.9 Å². The van der Waals surface area contributed by atoms with E-state index in [4.69, 9.17) is 4.42 Å². The van der Waals surface area contributed by atoms with Crippen LogP contribution in [-0.4, -0.2) is 52.5 Å². The molecular weight excluding hydrogens is 316 g/mol. The third-order valence-corrected chi connectivity index (χ3v) is 4.65. The highest BCUT2D eigenvalue weighted by molar-refractivity contribution is 5.17. The summed E-state index contributed by atoms with van der Waals surface area (Å²) in [5, 5.41) is 21.1. The maximum atomic E-state index is 9.46. The summed E-state index contributed by atoms with van der Waals surface area (Å²) < 4.78 is 5.72. The Labute approximate surface area is 149 Å². The molecule has 2 aromatic rings. The Morgan fingerprint density at radius 2 is 1.92 bits per heavy atom. The highest BCUT2D eigenvalue weighted by Crippen LogP contribution is 2.16. The predicted octanol–water partition coefficient (Wildman–Crippen LogP) is 1.84. The first-order valence-corrected chi connectivity index (χ1v) is 9.15. The molecule has 6 nitrogen and oxygen atoms in total. The van der Waals surface area contributed by atoms with E-state index >= 15 is 0 Å². The van der Waals surface area contributed by atoms with E-state index in [1.54, 1.807) is 0 Å². The Hall–Kier alpha value is -1.76. The van der Waals surface area contributed by atoms with Crippen molar-refractivity contribution in [1.82, 2.24) is 20.4 Å². The summed E-state index contributed by atoms with van der Waals surface area (Å²) in [6, 6.07) is 10.2. The first-order valence-electron chi connectivity index (χ1n) is 9.15. The van der Waals surface area contributed by atoms with Crippen LogP contribution in [-0.2, 0) is 13.0 Å². The highest BCUT2D eigenvalue weighted by Gasteiger charge is 2.19. The van der Waals surface area contributed by atoms with Crippen molar-refractivity contribution in [3.05, 3.63) is 47.7 Å². The number of benzene rings is 1. The Balaban J connectivity index is 1.36. The Bertz CT molecular complexity index is 621. The lowest BCUT2D eigenvalue weighted by atomic mass is 9.96. The van der Waals surface area contributed by atoms with Gasteiger partial charge in [-0.15, -0.1) is 10.2 Å². The van der Waals surface area contributed by atoms with Crippen molar-refractivity contribution < 1.29 is 9.52 Å². The third-order valence-electron chi connectivity index (χ3n) is 4.65. The van der Waals surface area contributed by atoms with Gasteiger partial charge in [-0.25, -0.2) is 0 Å². The number of hydrogen-bond acceptors (Lipinski definition) is 6. The molecule has 1 aromatic carbocycles. The molecular formula is C19H28N4O2. The second-order valence-corrected chi connectivity index (χ2v) is 6.98. The van der Waals surface area contributed by atoms with E-state index in [1.165, 1.54) is 18.4 Å². The fraction of sp³-hybridized carbons (Fsp3) is 0.579. The van der Waals surface area contributed by atoms with E-state index in [2.05, 4.69) is 32.5 Å². The topological polar surface area (TPSA) is 74.4 Å². The van der Waals surface area contributed by atoms with Gasteiger partial charge in [0.25, 0.3) is 0 Å². The summed E-state index contributed by atoms with van der Waals surface area (Å²) in [5.74, 6) is 1.99. The Morgan fingerprint density at radius 1 is 1.20 bits per heavy atom. The maximum absolute atomic E-state index is 9.46. The van der Waals surface area contributed by atoms with Gasteiger partial charge in [0.1, 0.15) is 0 Å². The van der Waals surface area contributed by atoms with Crippen molar-refractivity contribution in [2.75, 3.05) is 26.2 Å². The Morgan fingerprint density at radius 3 is 2.64 bits per heavy atom. The fourth-order valence-electron chi connectivity index (χ4n) is 3.33. The summed E-state index contributed by atoms with van der Waals surface area (Å²) >= 11 is 0. The molecule has 0 amide bonds. The minimum absolute atomic E-state index is 0.239. The average Bonchev–Trinajstić information content (AvgIpc) is 3.04. The van der Waals surface area contributed by atoms with Crippen LogP contribution in [0.3, 0.4) is 0 Å². The number of aromatic nitrogens is 2. The number of aliphatic hydroxyl groups is 1. The monoisotopic (exact) mass is 344 g/mol. The van der Waals surface area contributed by atoms with Gasteiger partial charge in [0, 0.05) is 6.54 Å². The van der Waals surface area contributed by atoms with Crippen LogP contribution < -0.4 is 5.32 Å². The van der Waals surface area contributed by atoms with Crippen molar-refractivity contribution in [1.29, 1.82) is 0 Å². The van der Waals surface area contributed by atoms with E-state index in [9.17, 15) is 5.11 Å². The van der Waals surface area contributed by atoms with Crippen LogP contribution in [0.2, 0.25) is 0 Å². The number of piperidine rings is 1. The van der Waals surface area contributed by atoms with E-state index in [-0.39, 0.29) is 6.10 Å². The molecule has 2 heterocycles. The minimum atomic E-state index is -0.239. The largest absolute Gasteiger partial charge is 0.424 e. The summed E-state index contributed by atoms with van der Waals surface area (Å²) in [6.45, 7) is 6.36. The molecule has 1 aliphatic heterocycles. The van der Waals surface area contributed by atoms with Gasteiger partial charge in [0.05, 0.1) is 19.1 Å². The van der Waals surface area contributed by atoms with E-state index < -0.39 is 0 Å². The molecule has 1 aliphatic rings. The molecule has 1 fully saturated rings. The van der Waals surface area contributed by atoms with Crippen LogP contribution in [0.25, 0.3) is 0 Å². The number of nitrogens with one attached hydrogen (secondary N) is 1. The second-order valence-electron chi connectivity index (χ2n) is 6.98. The van der Waals surface area contributed by atoms with Gasteiger partial charge in [-0.3, -0.25) is 0 Å². The van der Waals surface area contributed by atoms with Gasteiger partial charge in [0.15, 0.2) is 0 Å². The molecule has 0 bridgehead atoms. The first-order chi connectivity index (χ1) is 12.2. The number of likely N-dealkylation sites (tertiary alicyclic amines) is 1. The molecule has 0 saturated carbocycles. The lowest BCUT2D eigenvalue weighted by molar-refractivity contribution is 0.0997. The van der Waals surface area contributed by atoms with Gasteiger partial charge in [-0.2, -0.15) is 0 Å². The molecule has 25 heavy (non-hydrogen) atoms. The standard InChI is InChI=1S/C19H28N4O2/c1-15(24)14-23-9-7-17(8-10-23)12-20-13-19-22-21-18(25-19)11-16-5-3-2-4-6-16/h2-6,15,17,20,24H,7-14H2,1H3/t15-/m0/s1. The number of β-amino-alcohol motifs (C(OH)–C–C–N with tert-alkyl or cyclic N) is 1. The van der Waals surface area contributed by atoms with Crippen molar-refractivity contribution in [3.8, 4) is 0 Å². The number of nitrogens with zero attached hydrogens (tertiary/aromatic N) is 3. The summed E-state index contributed by atoms with van der Waals surface area (Å²) in [5.41, 5.74) is 1.18. The molecule has 0 unspecified atom stereocenters. The lowest BCUT2D eigenvalue weighted by Gasteiger charge is -2.32. The molecule has 3 rings (SSSR count). The smallest absolute Gasteiger partial charge is 0.230 e. The van der Waals surface area contributed by atoms with Crippen LogP contribution >= 0.6 is 0 Å². The van der Waals surface area contributed by atoms with Crippen LogP contribution in [0.15, 0.2) is 34.7 Å². The average molecular weight is 344 g/mol. The van der Waals surface area contributed by atoms with Crippen LogP contribution in [0, 0.1) is 5.92 Å². The molecule has 1 saturated heterocycles. The lowest BCUT2D eigenvalue weighted by Crippen LogP contribution is -2.40. The first kappa shape index (κ1) is 18.0. The molecule has 0 radical (unpaired) electrons. The van der Waals surface area contributed by atoms with Crippen molar-refractivity contribution in [2.24, 2.45) is 5.92 Å². The van der Waals surface area contributed by atoms with E-state index in [1.807, 2.05) is 25.1 Å². The molecule has 1 aromatic heterocycles. The van der Waals surface area contributed by atoms with Crippen LogP contribution in [0.1, 0.15) is 37.1 Å². The second kappa shape index (κ2) is 9.08. The van der Waals surface area contributed by atoms with Gasteiger partial charge >= 0.3 is 0 Å². The Kier molecular flexibility index (Phi) is 6.55. The fourth-order valence-corrected chi connectivity index (χ4v) is 3.33. The van der Waals surface area contributed by atoms with E-state index in [0.717, 1.165) is 26.2 Å². The minimum Gasteiger partial charge on any atom is -0.424 e. The SMILES string of the molecule is C[C@H](O)CN1CCC(CNCc2nnc(Cc3ccccc3)o2)CC1. The zero-order chi connectivity index (χ0) is 17.5. The van der Waals surface area contributed by atoms with Gasteiger partial charge in [-0.1, -0.05) is 30.3 Å². The quantitative estimate of drug-likeness (QED) is 0.761.